The molecule has 3 N–H and O–H groups in total. The lowest BCUT2D eigenvalue weighted by Gasteiger charge is -2.33. The minimum atomic E-state index is -3.80. The number of hydrogen-bond acceptors (Lipinski definition) is 8. The minimum Gasteiger partial charge on any atom is -0.488 e. The number of amides is 3. The number of likely N-dealkylation sites (N-methyl/N-ethyl adjacent to an activating group) is 1. The third kappa shape index (κ3) is 6.92. The maximum absolute atomic E-state index is 13.5. The molecule has 0 aliphatic carbocycles. The number of urea groups is 1. The van der Waals surface area contributed by atoms with Crippen molar-refractivity contribution < 1.29 is 32.4 Å². The molecule has 0 spiro atoms. The van der Waals surface area contributed by atoms with Crippen LogP contribution in [-0.2, 0) is 21.2 Å². The number of ether oxygens (including phenoxy) is 1. The van der Waals surface area contributed by atoms with Crippen molar-refractivity contribution in [2.45, 2.75) is 51.2 Å². The molecule has 13 heteroatoms. The summed E-state index contributed by atoms with van der Waals surface area (Å²) in [5, 5.41) is 19.2. The Hall–Kier alpha value is -3.94. The fourth-order valence-electron chi connectivity index (χ4n) is 4.79. The molecule has 1 aromatic heterocycles. The van der Waals surface area contributed by atoms with Gasteiger partial charge < -0.3 is 29.9 Å². The van der Waals surface area contributed by atoms with Gasteiger partial charge in [-0.25, -0.2) is 13.2 Å². The Morgan fingerprint density at radius 3 is 2.55 bits per heavy atom. The van der Waals surface area contributed by atoms with Crippen LogP contribution in [0, 0.1) is 19.8 Å². The van der Waals surface area contributed by atoms with E-state index in [0.29, 0.717) is 34.1 Å². The van der Waals surface area contributed by atoms with Gasteiger partial charge in [0.05, 0.1) is 30.5 Å². The van der Waals surface area contributed by atoms with Crippen molar-refractivity contribution in [2.75, 3.05) is 37.4 Å². The molecule has 0 unspecified atom stereocenters. The number of aliphatic hydroxyl groups is 1. The number of carbonyl (C=O) groups excluding carboxylic acids is 2. The normalized spacial score (nSPS) is 18.4. The van der Waals surface area contributed by atoms with Crippen LogP contribution < -0.4 is 15.4 Å². The zero-order valence-electron chi connectivity index (χ0n) is 24.3. The smallest absolute Gasteiger partial charge is 0.323 e. The lowest BCUT2D eigenvalue weighted by atomic mass is 10.0. The van der Waals surface area contributed by atoms with Gasteiger partial charge in [0, 0.05) is 30.8 Å². The monoisotopic (exact) mass is 599 g/mol. The number of aromatic nitrogens is 1. The summed E-state index contributed by atoms with van der Waals surface area (Å²) in [6.45, 7) is 7.08. The Morgan fingerprint density at radius 1 is 1.19 bits per heavy atom. The van der Waals surface area contributed by atoms with E-state index >= 15 is 0 Å². The maximum atomic E-state index is 13.5. The van der Waals surface area contributed by atoms with Crippen LogP contribution in [0.2, 0.25) is 0 Å². The van der Waals surface area contributed by atoms with E-state index in [1.165, 1.54) is 23.5 Å². The molecule has 1 aliphatic heterocycles. The molecule has 0 fully saturated rings. The predicted octanol–water partition coefficient (Wildman–Crippen LogP) is 3.41. The summed E-state index contributed by atoms with van der Waals surface area (Å²) < 4.78 is 39.3. The van der Waals surface area contributed by atoms with E-state index in [0.717, 1.165) is 0 Å². The van der Waals surface area contributed by atoms with Gasteiger partial charge in [0.25, 0.3) is 0 Å². The number of carbonyl (C=O) groups is 2. The first-order chi connectivity index (χ1) is 19.9. The molecule has 12 nitrogen and oxygen atoms in total. The van der Waals surface area contributed by atoms with Gasteiger partial charge in [-0.1, -0.05) is 30.3 Å². The van der Waals surface area contributed by atoms with E-state index in [-0.39, 0.29) is 42.8 Å². The Labute approximate surface area is 245 Å². The number of nitrogens with one attached hydrogen (secondary N) is 2. The summed E-state index contributed by atoms with van der Waals surface area (Å²) >= 11 is 0. The summed E-state index contributed by atoms with van der Waals surface area (Å²) in [7, 11) is -2.30. The SMILES string of the molecule is Cc1noc(C)c1NC(=O)Nc1ccc2c(c1)CC(=O)N([C@@H](C)CO)C[C@H](C)[C@@H](CN(C)S(=O)(=O)c1ccccc1)O2. The molecule has 2 aromatic carbocycles. The van der Waals surface area contributed by atoms with E-state index in [4.69, 9.17) is 9.26 Å². The lowest BCUT2D eigenvalue weighted by Crippen LogP contribution is -2.48. The highest BCUT2D eigenvalue weighted by Gasteiger charge is 2.33. The molecule has 0 saturated carbocycles. The van der Waals surface area contributed by atoms with Crippen LogP contribution in [0.3, 0.4) is 0 Å². The van der Waals surface area contributed by atoms with Gasteiger partial charge in [-0.05, 0) is 51.1 Å². The van der Waals surface area contributed by atoms with Crippen molar-refractivity contribution in [1.29, 1.82) is 0 Å². The number of aryl methyl sites for hydroxylation is 2. The molecule has 1 aliphatic rings. The summed E-state index contributed by atoms with van der Waals surface area (Å²) in [5.41, 5.74) is 1.93. The average Bonchev–Trinajstić information content (AvgIpc) is 3.29. The van der Waals surface area contributed by atoms with Gasteiger partial charge in [-0.15, -0.1) is 0 Å². The highest BCUT2D eigenvalue weighted by Crippen LogP contribution is 2.30. The number of benzene rings is 2. The van der Waals surface area contributed by atoms with E-state index in [1.807, 2.05) is 6.92 Å². The molecular formula is C29H37N5O7S. The van der Waals surface area contributed by atoms with Crippen LogP contribution in [0.15, 0.2) is 57.9 Å². The quantitative estimate of drug-likeness (QED) is 0.356. The van der Waals surface area contributed by atoms with Gasteiger partial charge in [0.2, 0.25) is 15.9 Å². The van der Waals surface area contributed by atoms with Crippen LogP contribution in [0.5, 0.6) is 5.75 Å². The molecule has 3 aromatic rings. The van der Waals surface area contributed by atoms with Crippen LogP contribution in [0.25, 0.3) is 0 Å². The fourth-order valence-corrected chi connectivity index (χ4v) is 5.99. The number of nitrogens with zero attached hydrogens (tertiary/aromatic N) is 3. The van der Waals surface area contributed by atoms with Gasteiger partial charge in [0.15, 0.2) is 5.76 Å². The Morgan fingerprint density at radius 2 is 1.90 bits per heavy atom. The molecular weight excluding hydrogens is 562 g/mol. The average molecular weight is 600 g/mol. The largest absolute Gasteiger partial charge is 0.488 e. The van der Waals surface area contributed by atoms with Crippen molar-refractivity contribution >= 4 is 33.3 Å². The second-order valence-electron chi connectivity index (χ2n) is 10.6. The Kier molecular flexibility index (Phi) is 9.54. The molecule has 0 radical (unpaired) electrons. The third-order valence-corrected chi connectivity index (χ3v) is 9.17. The van der Waals surface area contributed by atoms with E-state index < -0.39 is 28.2 Å². The highest BCUT2D eigenvalue weighted by molar-refractivity contribution is 7.89. The van der Waals surface area contributed by atoms with Crippen LogP contribution in [-0.4, -0.2) is 78.7 Å². The number of hydrogen-bond donors (Lipinski definition) is 3. The first kappa shape index (κ1) is 31.0. The van der Waals surface area contributed by atoms with Crippen LogP contribution in [0.4, 0.5) is 16.2 Å². The second-order valence-corrected chi connectivity index (χ2v) is 12.6. The van der Waals surface area contributed by atoms with Crippen molar-refractivity contribution in [3.8, 4) is 5.75 Å². The van der Waals surface area contributed by atoms with Crippen molar-refractivity contribution in [1.82, 2.24) is 14.4 Å². The fraction of sp³-hybridized carbons (Fsp3) is 0.414. The number of anilines is 2. The summed E-state index contributed by atoms with van der Waals surface area (Å²) in [4.78, 5) is 27.9. The molecule has 0 saturated heterocycles. The summed E-state index contributed by atoms with van der Waals surface area (Å²) in [6.07, 6.45) is -0.675. The second kappa shape index (κ2) is 12.9. The molecule has 226 valence electrons. The van der Waals surface area contributed by atoms with Crippen LogP contribution >= 0.6 is 0 Å². The highest BCUT2D eigenvalue weighted by atomic mass is 32.2. The van der Waals surface area contributed by atoms with Gasteiger partial charge in [-0.2, -0.15) is 4.31 Å². The topological polar surface area (TPSA) is 154 Å². The summed E-state index contributed by atoms with van der Waals surface area (Å²) in [6, 6.07) is 12.1. The lowest BCUT2D eigenvalue weighted by molar-refractivity contribution is -0.134. The Balaban J connectivity index is 1.62. The number of fused-ring (bicyclic) bond motifs is 1. The standard InChI is InChI=1S/C29H37N5O7S/c1-18-15-34(19(2)17-35)27(36)14-22-13-23(30-29(37)31-28-20(3)32-41-21(28)4)11-12-25(22)40-26(18)16-33(5)42(38,39)24-9-7-6-8-10-24/h6-13,18-19,26,35H,14-17H2,1-5H3,(H2,30,31,37)/t18-,19-,26+/m0/s1. The zero-order valence-corrected chi connectivity index (χ0v) is 25.1. The molecule has 0 bridgehead atoms. The first-order valence-corrected chi connectivity index (χ1v) is 15.1. The first-order valence-electron chi connectivity index (χ1n) is 13.6. The summed E-state index contributed by atoms with van der Waals surface area (Å²) in [5.74, 6) is 0.354. The van der Waals surface area contributed by atoms with Crippen molar-refractivity contribution in [3.63, 3.8) is 0 Å². The predicted molar refractivity (Wildman–Crippen MR) is 157 cm³/mol. The molecule has 3 amide bonds. The molecule has 3 atom stereocenters. The number of rotatable bonds is 8. The van der Waals surface area contributed by atoms with Crippen molar-refractivity contribution in [2.24, 2.45) is 5.92 Å². The van der Waals surface area contributed by atoms with Gasteiger partial charge in [-0.3, -0.25) is 4.79 Å². The van der Waals surface area contributed by atoms with Crippen molar-refractivity contribution in [3.05, 3.63) is 65.5 Å². The minimum absolute atomic E-state index is 0.0210. The maximum Gasteiger partial charge on any atom is 0.323 e. The number of sulfonamides is 1. The third-order valence-electron chi connectivity index (χ3n) is 7.33. The molecule has 42 heavy (non-hydrogen) atoms. The van der Waals surface area contributed by atoms with E-state index in [1.54, 1.807) is 62.1 Å². The van der Waals surface area contributed by atoms with E-state index in [9.17, 15) is 23.1 Å². The Bertz CT molecular complexity index is 1510. The zero-order chi connectivity index (χ0) is 30.6. The molecule has 2 heterocycles. The van der Waals surface area contributed by atoms with Gasteiger partial charge in [0.1, 0.15) is 23.2 Å². The van der Waals surface area contributed by atoms with E-state index in [2.05, 4.69) is 15.8 Å². The van der Waals surface area contributed by atoms with Gasteiger partial charge >= 0.3 is 6.03 Å². The van der Waals surface area contributed by atoms with Crippen LogP contribution in [0.1, 0.15) is 30.9 Å². The molecule has 4 rings (SSSR count). The number of aliphatic hydroxyl groups excluding tert-OH is 1.